The van der Waals surface area contributed by atoms with E-state index >= 15 is 0 Å². The zero-order valence-electron chi connectivity index (χ0n) is 10.6. The van der Waals surface area contributed by atoms with Crippen LogP contribution >= 0.6 is 22.6 Å². The van der Waals surface area contributed by atoms with Crippen molar-refractivity contribution in [3.05, 3.63) is 15.7 Å². The summed E-state index contributed by atoms with van der Waals surface area (Å²) in [6.45, 7) is 3.03. The zero-order chi connectivity index (χ0) is 13.8. The number of ether oxygens (including phenoxy) is 1. The van der Waals surface area contributed by atoms with Gasteiger partial charge in [0.25, 0.3) is 5.91 Å². The van der Waals surface area contributed by atoms with Crippen molar-refractivity contribution in [2.24, 2.45) is 0 Å². The Hall–Kier alpha value is -0.930. The topological polar surface area (TPSA) is 74.7 Å². The first-order valence-electron chi connectivity index (χ1n) is 6.03. The van der Waals surface area contributed by atoms with Crippen LogP contribution in [-0.2, 0) is 9.53 Å². The molecule has 2 N–H and O–H groups in total. The number of carbonyl (C=O) groups excluding carboxylic acids is 1. The third-order valence-corrected chi connectivity index (χ3v) is 3.33. The van der Waals surface area contributed by atoms with E-state index in [2.05, 4.69) is 32.9 Å². The monoisotopic (exact) mass is 377 g/mol. The van der Waals surface area contributed by atoms with E-state index in [0.717, 1.165) is 3.57 Å². The van der Waals surface area contributed by atoms with E-state index in [0.29, 0.717) is 24.8 Å². The van der Waals surface area contributed by atoms with Gasteiger partial charge in [-0.3, -0.25) is 9.69 Å². The van der Waals surface area contributed by atoms with E-state index in [-0.39, 0.29) is 25.2 Å². The van der Waals surface area contributed by atoms with E-state index < -0.39 is 0 Å². The van der Waals surface area contributed by atoms with Gasteiger partial charge in [0.2, 0.25) is 0 Å². The second-order valence-corrected chi connectivity index (χ2v) is 5.60. The lowest BCUT2D eigenvalue weighted by Gasteiger charge is -2.26. The van der Waals surface area contributed by atoms with Gasteiger partial charge in [0.15, 0.2) is 0 Å². The predicted molar refractivity (Wildman–Crippen MR) is 80.3 cm³/mol. The molecule has 1 aliphatic heterocycles. The summed E-state index contributed by atoms with van der Waals surface area (Å²) in [7, 11) is 0. The molecule has 0 spiro atoms. The van der Waals surface area contributed by atoms with Gasteiger partial charge in [-0.25, -0.2) is 4.98 Å². The summed E-state index contributed by atoms with van der Waals surface area (Å²) in [5.41, 5.74) is 0. The van der Waals surface area contributed by atoms with Gasteiger partial charge in [-0.05, 0) is 41.6 Å². The first kappa shape index (κ1) is 14.5. The van der Waals surface area contributed by atoms with Crippen LogP contribution in [0.3, 0.4) is 0 Å². The number of hydrogen-bond acceptors (Lipinski definition) is 5. The number of nitrogens with zero attached hydrogens (tertiary/aromatic N) is 2. The molecule has 104 valence electrons. The van der Waals surface area contributed by atoms with Crippen LogP contribution in [0.25, 0.3) is 0 Å². The molecule has 1 aromatic rings. The summed E-state index contributed by atoms with van der Waals surface area (Å²) in [5, 5.41) is 12.1. The van der Waals surface area contributed by atoms with E-state index in [1.807, 2.05) is 19.1 Å². The van der Waals surface area contributed by atoms with Crippen molar-refractivity contribution in [3.63, 3.8) is 0 Å². The Kier molecular flexibility index (Phi) is 4.94. The Morgan fingerprint density at radius 2 is 2.42 bits per heavy atom. The van der Waals surface area contributed by atoms with Crippen LogP contribution in [0.1, 0.15) is 6.92 Å². The second-order valence-electron chi connectivity index (χ2n) is 4.35. The SMILES string of the molecule is CC(CO)Nc1cc(I)cc(N2CCOCC2=O)n1. The first-order chi connectivity index (χ1) is 9.10. The highest BCUT2D eigenvalue weighted by atomic mass is 127. The highest BCUT2D eigenvalue weighted by Crippen LogP contribution is 2.21. The van der Waals surface area contributed by atoms with Crippen LogP contribution in [0.5, 0.6) is 0 Å². The maximum absolute atomic E-state index is 11.8. The van der Waals surface area contributed by atoms with Gasteiger partial charge in [0.05, 0.1) is 19.8 Å². The first-order valence-corrected chi connectivity index (χ1v) is 7.11. The van der Waals surface area contributed by atoms with E-state index in [1.54, 1.807) is 4.90 Å². The lowest BCUT2D eigenvalue weighted by atomic mass is 10.3. The molecule has 1 aromatic heterocycles. The number of aromatic nitrogens is 1. The number of anilines is 2. The average Bonchev–Trinajstić information content (AvgIpc) is 2.38. The Labute approximate surface area is 125 Å². The second kappa shape index (κ2) is 6.49. The Bertz CT molecular complexity index is 470. The molecular formula is C12H16IN3O3. The van der Waals surface area contributed by atoms with E-state index in [1.165, 1.54) is 0 Å². The van der Waals surface area contributed by atoms with Crippen LogP contribution in [0.2, 0.25) is 0 Å². The van der Waals surface area contributed by atoms with Gasteiger partial charge in [-0.2, -0.15) is 0 Å². The molecule has 1 fully saturated rings. The molecule has 1 saturated heterocycles. The molecule has 1 atom stereocenters. The minimum absolute atomic E-state index is 0.0268. The molecule has 6 nitrogen and oxygen atoms in total. The van der Waals surface area contributed by atoms with Crippen LogP contribution in [0.15, 0.2) is 12.1 Å². The lowest BCUT2D eigenvalue weighted by Crippen LogP contribution is -2.42. The summed E-state index contributed by atoms with van der Waals surface area (Å²) in [6, 6.07) is 3.65. The van der Waals surface area contributed by atoms with Crippen molar-refractivity contribution < 1.29 is 14.6 Å². The minimum atomic E-state index is -0.0843. The van der Waals surface area contributed by atoms with Gasteiger partial charge < -0.3 is 15.2 Å². The van der Waals surface area contributed by atoms with E-state index in [4.69, 9.17) is 9.84 Å². The molecule has 0 aromatic carbocycles. The smallest absolute Gasteiger partial charge is 0.254 e. The summed E-state index contributed by atoms with van der Waals surface area (Å²) in [4.78, 5) is 17.8. The molecule has 0 radical (unpaired) electrons. The quantitative estimate of drug-likeness (QED) is 0.761. The Morgan fingerprint density at radius 3 is 3.11 bits per heavy atom. The summed E-state index contributed by atoms with van der Waals surface area (Å²) >= 11 is 2.18. The van der Waals surface area contributed by atoms with Crippen molar-refractivity contribution in [2.75, 3.05) is 36.6 Å². The number of pyridine rings is 1. The molecule has 19 heavy (non-hydrogen) atoms. The largest absolute Gasteiger partial charge is 0.394 e. The number of hydrogen-bond donors (Lipinski definition) is 2. The molecule has 2 rings (SSSR count). The number of morpholine rings is 1. The fourth-order valence-electron chi connectivity index (χ4n) is 1.75. The number of amides is 1. The average molecular weight is 377 g/mol. The van der Waals surface area contributed by atoms with Crippen molar-refractivity contribution in [1.29, 1.82) is 0 Å². The van der Waals surface area contributed by atoms with Gasteiger partial charge in [0, 0.05) is 9.61 Å². The third kappa shape index (κ3) is 3.77. The van der Waals surface area contributed by atoms with Gasteiger partial charge in [-0.15, -0.1) is 0 Å². The van der Waals surface area contributed by atoms with Gasteiger partial charge in [-0.1, -0.05) is 0 Å². The summed E-state index contributed by atoms with van der Waals surface area (Å²) in [5.74, 6) is 1.19. The summed E-state index contributed by atoms with van der Waals surface area (Å²) < 4.78 is 6.09. The maximum Gasteiger partial charge on any atom is 0.254 e. The molecule has 0 aliphatic carbocycles. The van der Waals surface area contributed by atoms with Crippen LogP contribution in [-0.4, -0.2) is 48.4 Å². The van der Waals surface area contributed by atoms with Crippen LogP contribution in [0.4, 0.5) is 11.6 Å². The van der Waals surface area contributed by atoms with Crippen molar-refractivity contribution in [1.82, 2.24) is 4.98 Å². The number of aliphatic hydroxyl groups is 1. The molecule has 1 unspecified atom stereocenters. The standard InChI is InChI=1S/C12H16IN3O3/c1-8(6-17)14-10-4-9(13)5-11(15-10)16-2-3-19-7-12(16)18/h4-5,8,17H,2-3,6-7H2,1H3,(H,14,15). The molecule has 2 heterocycles. The fraction of sp³-hybridized carbons (Fsp3) is 0.500. The number of carbonyl (C=O) groups is 1. The Balaban J connectivity index is 2.22. The van der Waals surface area contributed by atoms with Gasteiger partial charge in [0.1, 0.15) is 18.2 Å². The number of nitrogens with one attached hydrogen (secondary N) is 1. The number of halogens is 1. The van der Waals surface area contributed by atoms with Crippen LogP contribution in [0, 0.1) is 3.57 Å². The molecule has 1 amide bonds. The van der Waals surface area contributed by atoms with Crippen molar-refractivity contribution >= 4 is 40.1 Å². The fourth-order valence-corrected chi connectivity index (χ4v) is 2.33. The summed E-state index contributed by atoms with van der Waals surface area (Å²) in [6.07, 6.45) is 0. The minimum Gasteiger partial charge on any atom is -0.394 e. The molecule has 1 aliphatic rings. The highest BCUT2D eigenvalue weighted by Gasteiger charge is 2.22. The van der Waals surface area contributed by atoms with Crippen LogP contribution < -0.4 is 10.2 Å². The molecule has 0 bridgehead atoms. The zero-order valence-corrected chi connectivity index (χ0v) is 12.8. The molecule has 7 heteroatoms. The predicted octanol–water partition coefficient (Wildman–Crippen LogP) is 0.842. The van der Waals surface area contributed by atoms with E-state index in [9.17, 15) is 4.79 Å². The molecular weight excluding hydrogens is 361 g/mol. The normalized spacial score (nSPS) is 17.4. The number of rotatable bonds is 4. The Morgan fingerprint density at radius 1 is 1.63 bits per heavy atom. The van der Waals surface area contributed by atoms with Crippen molar-refractivity contribution in [2.45, 2.75) is 13.0 Å². The lowest BCUT2D eigenvalue weighted by molar-refractivity contribution is -0.125. The molecule has 0 saturated carbocycles. The highest BCUT2D eigenvalue weighted by molar-refractivity contribution is 14.1. The number of aliphatic hydroxyl groups excluding tert-OH is 1. The third-order valence-electron chi connectivity index (χ3n) is 2.71. The van der Waals surface area contributed by atoms with Crippen molar-refractivity contribution in [3.8, 4) is 0 Å². The van der Waals surface area contributed by atoms with Gasteiger partial charge >= 0.3 is 0 Å². The maximum atomic E-state index is 11.8.